The van der Waals surface area contributed by atoms with Crippen molar-refractivity contribution >= 4 is 11.9 Å². The van der Waals surface area contributed by atoms with Crippen LogP contribution >= 0.6 is 0 Å². The van der Waals surface area contributed by atoms with Crippen LogP contribution in [0.25, 0.3) is 0 Å². The van der Waals surface area contributed by atoms with Crippen LogP contribution in [0, 0.1) is 11.8 Å². The molecule has 0 aliphatic rings. The summed E-state index contributed by atoms with van der Waals surface area (Å²) in [5, 5.41) is 11.7. The molecule has 0 heterocycles. The summed E-state index contributed by atoms with van der Waals surface area (Å²) in [7, 11) is 0. The van der Waals surface area contributed by atoms with Gasteiger partial charge in [-0.3, -0.25) is 9.59 Å². The van der Waals surface area contributed by atoms with Crippen molar-refractivity contribution < 1.29 is 14.7 Å². The third-order valence-electron chi connectivity index (χ3n) is 3.87. The average molecular weight is 300 g/mol. The maximum atomic E-state index is 11.7. The van der Waals surface area contributed by atoms with Crippen LogP contribution in [0.5, 0.6) is 0 Å². The molecule has 5 nitrogen and oxygen atoms in total. The van der Waals surface area contributed by atoms with Crippen LogP contribution in [0.15, 0.2) is 0 Å². The van der Waals surface area contributed by atoms with E-state index >= 15 is 0 Å². The fourth-order valence-electron chi connectivity index (χ4n) is 2.39. The Bertz CT molecular complexity index is 293. The summed E-state index contributed by atoms with van der Waals surface area (Å²) in [4.78, 5) is 22.3. The molecule has 1 atom stereocenters. The first-order valence-electron chi connectivity index (χ1n) is 8.16. The van der Waals surface area contributed by atoms with Gasteiger partial charge in [0, 0.05) is 19.4 Å². The molecule has 0 aliphatic heterocycles. The zero-order chi connectivity index (χ0) is 16.1. The molecule has 0 aromatic rings. The zero-order valence-electron chi connectivity index (χ0n) is 13.6. The maximum Gasteiger partial charge on any atom is 0.303 e. The summed E-state index contributed by atoms with van der Waals surface area (Å²) in [5.41, 5.74) is 5.42. The number of carbonyl (C=O) groups is 2. The van der Waals surface area contributed by atoms with Crippen LogP contribution in [0.2, 0.25) is 0 Å². The molecule has 0 bridgehead atoms. The molecule has 0 saturated carbocycles. The van der Waals surface area contributed by atoms with Gasteiger partial charge in [0.05, 0.1) is 0 Å². The summed E-state index contributed by atoms with van der Waals surface area (Å²) in [5.74, 6) is 0.147. The lowest BCUT2D eigenvalue weighted by atomic mass is 9.88. The third-order valence-corrected chi connectivity index (χ3v) is 3.87. The summed E-state index contributed by atoms with van der Waals surface area (Å²) in [6.45, 7) is 5.57. The van der Waals surface area contributed by atoms with Gasteiger partial charge < -0.3 is 16.2 Å². The number of carbonyl (C=O) groups excluding carboxylic acids is 1. The van der Waals surface area contributed by atoms with Crippen molar-refractivity contribution in [3.63, 3.8) is 0 Å². The topological polar surface area (TPSA) is 92.4 Å². The van der Waals surface area contributed by atoms with Gasteiger partial charge in [0.25, 0.3) is 0 Å². The fourth-order valence-corrected chi connectivity index (χ4v) is 2.39. The van der Waals surface area contributed by atoms with Crippen LogP contribution < -0.4 is 11.1 Å². The SMILES string of the molecule is CC(C)C(CCNC(=O)CCCCCCN)CCC(=O)O. The number of hydrogen-bond acceptors (Lipinski definition) is 3. The van der Waals surface area contributed by atoms with Crippen LogP contribution in [0.3, 0.4) is 0 Å². The van der Waals surface area contributed by atoms with Gasteiger partial charge in [-0.2, -0.15) is 0 Å². The van der Waals surface area contributed by atoms with Crippen LogP contribution in [-0.2, 0) is 9.59 Å². The Kier molecular flexibility index (Phi) is 12.0. The lowest BCUT2D eigenvalue weighted by Crippen LogP contribution is -2.27. The van der Waals surface area contributed by atoms with E-state index in [0.717, 1.165) is 38.6 Å². The molecular weight excluding hydrogens is 268 g/mol. The minimum atomic E-state index is -0.748. The first-order chi connectivity index (χ1) is 9.97. The molecular formula is C16H32N2O3. The number of carboxylic acids is 1. The Morgan fingerprint density at radius 1 is 1.05 bits per heavy atom. The van der Waals surface area contributed by atoms with Gasteiger partial charge in [0.15, 0.2) is 0 Å². The summed E-state index contributed by atoms with van der Waals surface area (Å²) in [6.07, 6.45) is 6.40. The van der Waals surface area contributed by atoms with E-state index in [0.29, 0.717) is 31.2 Å². The first kappa shape index (κ1) is 19.9. The molecule has 0 aromatic carbocycles. The van der Waals surface area contributed by atoms with Crippen molar-refractivity contribution in [2.45, 2.75) is 65.2 Å². The number of unbranched alkanes of at least 4 members (excludes halogenated alkanes) is 3. The number of hydrogen-bond donors (Lipinski definition) is 3. The molecule has 0 spiro atoms. The monoisotopic (exact) mass is 300 g/mol. The second-order valence-electron chi connectivity index (χ2n) is 6.03. The number of carboxylic acid groups (broad SMARTS) is 1. The molecule has 0 radical (unpaired) electrons. The van der Waals surface area contributed by atoms with E-state index in [2.05, 4.69) is 19.2 Å². The van der Waals surface area contributed by atoms with Crippen LogP contribution in [-0.4, -0.2) is 30.1 Å². The molecule has 5 heteroatoms. The van der Waals surface area contributed by atoms with Gasteiger partial charge in [0.2, 0.25) is 5.91 Å². The number of aliphatic carboxylic acids is 1. The highest BCUT2D eigenvalue weighted by atomic mass is 16.4. The molecule has 124 valence electrons. The Hall–Kier alpha value is -1.10. The van der Waals surface area contributed by atoms with Crippen molar-refractivity contribution in [3.8, 4) is 0 Å². The minimum absolute atomic E-state index is 0.100. The van der Waals surface area contributed by atoms with Crippen LogP contribution in [0.4, 0.5) is 0 Å². The summed E-state index contributed by atoms with van der Waals surface area (Å²) >= 11 is 0. The second-order valence-corrected chi connectivity index (χ2v) is 6.03. The number of rotatable bonds is 13. The summed E-state index contributed by atoms with van der Waals surface area (Å²) in [6, 6.07) is 0. The number of nitrogens with one attached hydrogen (secondary N) is 1. The Balaban J connectivity index is 3.72. The summed E-state index contributed by atoms with van der Waals surface area (Å²) < 4.78 is 0. The fraction of sp³-hybridized carbons (Fsp3) is 0.875. The van der Waals surface area contributed by atoms with Crippen molar-refractivity contribution in [2.24, 2.45) is 17.6 Å². The van der Waals surface area contributed by atoms with Gasteiger partial charge >= 0.3 is 5.97 Å². The number of amides is 1. The van der Waals surface area contributed by atoms with E-state index in [9.17, 15) is 9.59 Å². The lowest BCUT2D eigenvalue weighted by Gasteiger charge is -2.20. The Labute approximate surface area is 128 Å². The molecule has 21 heavy (non-hydrogen) atoms. The normalized spacial score (nSPS) is 12.4. The van der Waals surface area contributed by atoms with Gasteiger partial charge in [-0.1, -0.05) is 26.7 Å². The molecule has 0 aromatic heterocycles. The lowest BCUT2D eigenvalue weighted by molar-refractivity contribution is -0.137. The maximum absolute atomic E-state index is 11.7. The van der Waals surface area contributed by atoms with E-state index in [1.807, 2.05) is 0 Å². The highest BCUT2D eigenvalue weighted by molar-refractivity contribution is 5.75. The largest absolute Gasteiger partial charge is 0.481 e. The highest BCUT2D eigenvalue weighted by Crippen LogP contribution is 2.20. The van der Waals surface area contributed by atoms with Crippen LogP contribution in [0.1, 0.15) is 65.2 Å². The zero-order valence-corrected chi connectivity index (χ0v) is 13.6. The second kappa shape index (κ2) is 12.6. The minimum Gasteiger partial charge on any atom is -0.481 e. The van der Waals surface area contributed by atoms with Crippen molar-refractivity contribution in [1.82, 2.24) is 5.32 Å². The molecule has 0 fully saturated rings. The molecule has 1 unspecified atom stereocenters. The van der Waals surface area contributed by atoms with Crippen molar-refractivity contribution in [3.05, 3.63) is 0 Å². The van der Waals surface area contributed by atoms with Gasteiger partial charge in [0.1, 0.15) is 0 Å². The van der Waals surface area contributed by atoms with Crippen molar-refractivity contribution in [1.29, 1.82) is 0 Å². The van der Waals surface area contributed by atoms with Gasteiger partial charge in [-0.25, -0.2) is 0 Å². The molecule has 4 N–H and O–H groups in total. The van der Waals surface area contributed by atoms with E-state index in [1.165, 1.54) is 0 Å². The van der Waals surface area contributed by atoms with E-state index in [1.54, 1.807) is 0 Å². The molecule has 0 rings (SSSR count). The van der Waals surface area contributed by atoms with Crippen molar-refractivity contribution in [2.75, 3.05) is 13.1 Å². The third kappa shape index (κ3) is 12.4. The standard InChI is InChI=1S/C16H32N2O3/c1-13(2)14(8-9-16(20)21)10-12-18-15(19)7-5-3-4-6-11-17/h13-14H,3-12,17H2,1-2H3,(H,18,19)(H,20,21). The molecule has 0 aliphatic carbocycles. The predicted octanol–water partition coefficient (Wildman–Crippen LogP) is 2.54. The Morgan fingerprint density at radius 2 is 1.71 bits per heavy atom. The number of nitrogens with two attached hydrogens (primary N) is 1. The molecule has 0 saturated heterocycles. The Morgan fingerprint density at radius 3 is 2.29 bits per heavy atom. The molecule has 1 amide bonds. The van der Waals surface area contributed by atoms with E-state index < -0.39 is 5.97 Å². The quantitative estimate of drug-likeness (QED) is 0.456. The van der Waals surface area contributed by atoms with Gasteiger partial charge in [-0.15, -0.1) is 0 Å². The highest BCUT2D eigenvalue weighted by Gasteiger charge is 2.15. The van der Waals surface area contributed by atoms with E-state index in [-0.39, 0.29) is 12.3 Å². The average Bonchev–Trinajstić information content (AvgIpc) is 2.41. The van der Waals surface area contributed by atoms with E-state index in [4.69, 9.17) is 10.8 Å². The van der Waals surface area contributed by atoms with Gasteiger partial charge in [-0.05, 0) is 44.1 Å². The predicted molar refractivity (Wildman–Crippen MR) is 85.0 cm³/mol. The smallest absolute Gasteiger partial charge is 0.303 e. The first-order valence-corrected chi connectivity index (χ1v) is 8.16.